The maximum absolute atomic E-state index is 5.93. The van der Waals surface area contributed by atoms with Crippen molar-refractivity contribution in [2.75, 3.05) is 13.2 Å². The summed E-state index contributed by atoms with van der Waals surface area (Å²) in [7, 11) is 1.98. The molecular formula is C16H22N4OS. The van der Waals surface area contributed by atoms with Gasteiger partial charge in [-0.25, -0.2) is 4.98 Å². The minimum absolute atomic E-state index is 0.168. The van der Waals surface area contributed by atoms with E-state index in [0.717, 1.165) is 26.1 Å². The number of nitrogens with zero attached hydrogens (tertiary/aromatic N) is 3. The fourth-order valence-electron chi connectivity index (χ4n) is 3.52. The molecule has 5 nitrogen and oxygen atoms in total. The van der Waals surface area contributed by atoms with Crippen LogP contribution < -0.4 is 5.32 Å². The SMILES string of the molecule is Cn1nccc1[C@@H]1OCC[C@H]1CNCc1nc2c(s1)CCC2. The molecule has 2 atom stereocenters. The summed E-state index contributed by atoms with van der Waals surface area (Å²) < 4.78 is 7.85. The highest BCUT2D eigenvalue weighted by Gasteiger charge is 2.31. The van der Waals surface area contributed by atoms with E-state index in [0.29, 0.717) is 5.92 Å². The molecule has 1 saturated heterocycles. The van der Waals surface area contributed by atoms with Crippen molar-refractivity contribution in [1.82, 2.24) is 20.1 Å². The van der Waals surface area contributed by atoms with Gasteiger partial charge in [0.2, 0.25) is 0 Å². The summed E-state index contributed by atoms with van der Waals surface area (Å²) in [6.45, 7) is 2.69. The number of fused-ring (bicyclic) bond motifs is 1. The number of ether oxygens (including phenoxy) is 1. The van der Waals surface area contributed by atoms with E-state index in [1.165, 1.54) is 40.5 Å². The van der Waals surface area contributed by atoms with Crippen LogP contribution in [0.4, 0.5) is 0 Å². The van der Waals surface area contributed by atoms with Crippen molar-refractivity contribution < 1.29 is 4.74 Å². The van der Waals surface area contributed by atoms with Gasteiger partial charge in [0.1, 0.15) is 11.1 Å². The van der Waals surface area contributed by atoms with E-state index in [-0.39, 0.29) is 6.10 Å². The Morgan fingerprint density at radius 3 is 3.23 bits per heavy atom. The first-order valence-electron chi connectivity index (χ1n) is 8.09. The fraction of sp³-hybridized carbons (Fsp3) is 0.625. The number of aryl methyl sites for hydroxylation is 3. The van der Waals surface area contributed by atoms with Gasteiger partial charge >= 0.3 is 0 Å². The molecule has 0 saturated carbocycles. The fourth-order valence-corrected chi connectivity index (χ4v) is 4.64. The van der Waals surface area contributed by atoms with Gasteiger partial charge < -0.3 is 10.1 Å². The average molecular weight is 318 g/mol. The number of thiazole rings is 1. The number of aromatic nitrogens is 3. The summed E-state index contributed by atoms with van der Waals surface area (Å²) >= 11 is 1.89. The third kappa shape index (κ3) is 2.71. The van der Waals surface area contributed by atoms with E-state index in [1.54, 1.807) is 0 Å². The van der Waals surface area contributed by atoms with Crippen LogP contribution in [-0.2, 0) is 31.2 Å². The van der Waals surface area contributed by atoms with E-state index >= 15 is 0 Å². The molecule has 0 bridgehead atoms. The summed E-state index contributed by atoms with van der Waals surface area (Å²) in [6.07, 6.45) is 6.81. The largest absolute Gasteiger partial charge is 0.372 e. The molecule has 1 aliphatic carbocycles. The molecule has 0 aromatic carbocycles. The highest BCUT2D eigenvalue weighted by Crippen LogP contribution is 2.34. The van der Waals surface area contributed by atoms with E-state index in [4.69, 9.17) is 9.72 Å². The van der Waals surface area contributed by atoms with E-state index in [2.05, 4.69) is 16.5 Å². The Kier molecular flexibility index (Phi) is 3.98. The van der Waals surface area contributed by atoms with Crippen LogP contribution in [0, 0.1) is 5.92 Å². The molecule has 2 aromatic heterocycles. The predicted molar refractivity (Wildman–Crippen MR) is 85.9 cm³/mol. The minimum Gasteiger partial charge on any atom is -0.372 e. The molecule has 1 aliphatic heterocycles. The lowest BCUT2D eigenvalue weighted by molar-refractivity contribution is 0.0838. The second-order valence-corrected chi connectivity index (χ2v) is 7.35. The molecule has 22 heavy (non-hydrogen) atoms. The van der Waals surface area contributed by atoms with Gasteiger partial charge in [-0.2, -0.15) is 5.10 Å². The lowest BCUT2D eigenvalue weighted by Gasteiger charge is -2.19. The Labute approximate surface area is 134 Å². The lowest BCUT2D eigenvalue weighted by atomic mass is 9.99. The second-order valence-electron chi connectivity index (χ2n) is 6.18. The van der Waals surface area contributed by atoms with E-state index in [9.17, 15) is 0 Å². The summed E-state index contributed by atoms with van der Waals surface area (Å²) in [5.74, 6) is 0.516. The first kappa shape index (κ1) is 14.4. The molecule has 0 unspecified atom stereocenters. The van der Waals surface area contributed by atoms with Gasteiger partial charge in [-0.05, 0) is 31.7 Å². The van der Waals surface area contributed by atoms with Crippen molar-refractivity contribution in [2.45, 2.75) is 38.3 Å². The number of hydrogen-bond donors (Lipinski definition) is 1. The highest BCUT2D eigenvalue weighted by molar-refractivity contribution is 7.11. The number of nitrogens with one attached hydrogen (secondary N) is 1. The molecule has 0 spiro atoms. The molecule has 1 N–H and O–H groups in total. The van der Waals surface area contributed by atoms with Crippen molar-refractivity contribution >= 4 is 11.3 Å². The molecule has 1 fully saturated rings. The molecule has 6 heteroatoms. The van der Waals surface area contributed by atoms with Gasteiger partial charge in [0, 0.05) is 43.7 Å². The summed E-state index contributed by atoms with van der Waals surface area (Å²) in [5, 5.41) is 9.08. The zero-order valence-electron chi connectivity index (χ0n) is 12.9. The van der Waals surface area contributed by atoms with Gasteiger partial charge in [0.15, 0.2) is 0 Å². The number of hydrogen-bond acceptors (Lipinski definition) is 5. The molecule has 118 valence electrons. The van der Waals surface area contributed by atoms with Crippen molar-refractivity contribution in [3.8, 4) is 0 Å². The van der Waals surface area contributed by atoms with Crippen molar-refractivity contribution in [3.05, 3.63) is 33.5 Å². The Morgan fingerprint density at radius 2 is 2.41 bits per heavy atom. The quantitative estimate of drug-likeness (QED) is 0.918. The Morgan fingerprint density at radius 1 is 1.45 bits per heavy atom. The van der Waals surface area contributed by atoms with Crippen LogP contribution in [-0.4, -0.2) is 27.9 Å². The minimum atomic E-state index is 0.168. The molecule has 0 amide bonds. The Bertz CT molecular complexity index is 629. The smallest absolute Gasteiger partial charge is 0.107 e. The zero-order chi connectivity index (χ0) is 14.9. The van der Waals surface area contributed by atoms with E-state index < -0.39 is 0 Å². The van der Waals surface area contributed by atoms with Crippen LogP contribution in [0.2, 0.25) is 0 Å². The average Bonchev–Trinajstić information content (AvgIpc) is 3.22. The van der Waals surface area contributed by atoms with Crippen LogP contribution in [0.3, 0.4) is 0 Å². The molecule has 3 heterocycles. The third-order valence-corrected chi connectivity index (χ3v) is 5.84. The second kappa shape index (κ2) is 6.10. The van der Waals surface area contributed by atoms with Crippen molar-refractivity contribution in [1.29, 1.82) is 0 Å². The van der Waals surface area contributed by atoms with Crippen LogP contribution in [0.15, 0.2) is 12.3 Å². The Balaban J connectivity index is 1.34. The third-order valence-electron chi connectivity index (χ3n) is 4.69. The van der Waals surface area contributed by atoms with Gasteiger partial charge in [0.25, 0.3) is 0 Å². The molecule has 4 rings (SSSR count). The van der Waals surface area contributed by atoms with Crippen LogP contribution >= 0.6 is 11.3 Å². The zero-order valence-corrected chi connectivity index (χ0v) is 13.7. The topological polar surface area (TPSA) is 52.0 Å². The van der Waals surface area contributed by atoms with Crippen molar-refractivity contribution in [2.24, 2.45) is 13.0 Å². The van der Waals surface area contributed by atoms with Gasteiger partial charge in [-0.1, -0.05) is 0 Å². The van der Waals surface area contributed by atoms with Gasteiger partial charge in [-0.3, -0.25) is 4.68 Å². The molecule has 2 aliphatic rings. The van der Waals surface area contributed by atoms with Crippen LogP contribution in [0.25, 0.3) is 0 Å². The molecule has 2 aromatic rings. The van der Waals surface area contributed by atoms with Gasteiger partial charge in [0.05, 0.1) is 11.4 Å². The monoisotopic (exact) mass is 318 g/mol. The van der Waals surface area contributed by atoms with E-state index in [1.807, 2.05) is 29.3 Å². The highest BCUT2D eigenvalue weighted by atomic mass is 32.1. The first-order chi connectivity index (χ1) is 10.8. The van der Waals surface area contributed by atoms with Crippen molar-refractivity contribution in [3.63, 3.8) is 0 Å². The first-order valence-corrected chi connectivity index (χ1v) is 8.90. The number of rotatable bonds is 5. The summed E-state index contributed by atoms with van der Waals surface area (Å²) in [4.78, 5) is 6.26. The lowest BCUT2D eigenvalue weighted by Crippen LogP contribution is -2.25. The van der Waals surface area contributed by atoms with Crippen LogP contribution in [0.5, 0.6) is 0 Å². The normalized spacial score (nSPS) is 24.0. The maximum Gasteiger partial charge on any atom is 0.107 e. The van der Waals surface area contributed by atoms with Gasteiger partial charge in [-0.15, -0.1) is 11.3 Å². The van der Waals surface area contributed by atoms with Crippen LogP contribution in [0.1, 0.15) is 40.2 Å². The summed E-state index contributed by atoms with van der Waals surface area (Å²) in [6, 6.07) is 2.06. The summed E-state index contributed by atoms with van der Waals surface area (Å²) in [5.41, 5.74) is 2.52. The molecular weight excluding hydrogens is 296 g/mol. The standard InChI is InChI=1S/C16H22N4OS/c1-20-13(5-7-18-20)16-11(6-8-21-16)9-17-10-15-19-12-3-2-4-14(12)22-15/h5,7,11,16-17H,2-4,6,8-10H2,1H3/t11-,16+/m0/s1. The Hall–Kier alpha value is -1.24. The predicted octanol–water partition coefficient (Wildman–Crippen LogP) is 2.23. The molecule has 0 radical (unpaired) electrons. The maximum atomic E-state index is 5.93.